The van der Waals surface area contributed by atoms with Gasteiger partial charge in [0.15, 0.2) is 5.71 Å². The lowest BCUT2D eigenvalue weighted by molar-refractivity contribution is -0.565. The summed E-state index contributed by atoms with van der Waals surface area (Å²) in [6, 6.07) is 4.92. The summed E-state index contributed by atoms with van der Waals surface area (Å²) < 4.78 is 42.2. The molecule has 5 nitrogen and oxygen atoms in total. The first-order valence-electron chi connectivity index (χ1n) is 9.05. The molecule has 1 unspecified atom stereocenters. The summed E-state index contributed by atoms with van der Waals surface area (Å²) in [7, 11) is 1.91. The number of fused-ring (bicyclic) bond motifs is 1. The van der Waals surface area contributed by atoms with Crippen molar-refractivity contribution in [2.75, 3.05) is 20.1 Å². The number of alkyl halides is 3. The number of carbonyl (C=O) groups is 1. The molecule has 2 heterocycles. The van der Waals surface area contributed by atoms with Crippen LogP contribution in [-0.2, 0) is 6.18 Å². The Hall–Kier alpha value is -2.64. The van der Waals surface area contributed by atoms with Crippen molar-refractivity contribution in [1.29, 1.82) is 0 Å². The number of benzene rings is 1. The number of hydrogen-bond acceptors (Lipinski definition) is 3. The van der Waals surface area contributed by atoms with Crippen molar-refractivity contribution in [3.63, 3.8) is 0 Å². The van der Waals surface area contributed by atoms with Gasteiger partial charge in [-0.3, -0.25) is 4.79 Å². The molecule has 0 N–H and O–H groups in total. The minimum absolute atomic E-state index is 0.178. The van der Waals surface area contributed by atoms with Crippen LogP contribution in [0, 0.1) is 0 Å². The minimum Gasteiger partial charge on any atom is -0.324 e. The van der Waals surface area contributed by atoms with Gasteiger partial charge in [0.1, 0.15) is 13.6 Å². The lowest BCUT2D eigenvalue weighted by Gasteiger charge is -2.32. The number of hydrogen-bond donors (Lipinski definition) is 0. The number of carbonyl (C=O) groups excluding carboxylic acids is 1. The Labute approximate surface area is 162 Å². The van der Waals surface area contributed by atoms with Gasteiger partial charge >= 0.3 is 6.18 Å². The zero-order valence-corrected chi connectivity index (χ0v) is 16.6. The normalized spacial score (nSPS) is 20.9. The molecule has 0 bridgehead atoms. The molecule has 0 radical (unpaired) electrons. The molecule has 1 aromatic carbocycles. The predicted molar refractivity (Wildman–Crippen MR) is 101 cm³/mol. The van der Waals surface area contributed by atoms with Crippen LogP contribution in [0.15, 0.2) is 40.6 Å². The van der Waals surface area contributed by atoms with Crippen molar-refractivity contribution in [1.82, 2.24) is 9.91 Å². The maximum absolute atomic E-state index is 13.4. The Morgan fingerprint density at radius 3 is 2.46 bits per heavy atom. The molecular formula is C20H24F3N4O+. The first-order chi connectivity index (χ1) is 13.0. The predicted octanol–water partition coefficient (Wildman–Crippen LogP) is 3.58. The van der Waals surface area contributed by atoms with Gasteiger partial charge < -0.3 is 4.90 Å². The quantitative estimate of drug-likeness (QED) is 0.685. The molecule has 0 fully saturated rings. The van der Waals surface area contributed by atoms with Crippen molar-refractivity contribution in [3.05, 3.63) is 46.7 Å². The Morgan fingerprint density at radius 2 is 1.82 bits per heavy atom. The molecule has 2 aliphatic heterocycles. The van der Waals surface area contributed by atoms with E-state index in [1.807, 2.05) is 37.4 Å². The number of halogens is 3. The van der Waals surface area contributed by atoms with E-state index in [4.69, 9.17) is 0 Å². The zero-order chi connectivity index (χ0) is 20.8. The average Bonchev–Trinajstić information content (AvgIpc) is 2.82. The minimum atomic E-state index is -4.59. The third kappa shape index (κ3) is 3.43. The van der Waals surface area contributed by atoms with Gasteiger partial charge in [0.05, 0.1) is 23.4 Å². The lowest BCUT2D eigenvalue weighted by atomic mass is 10.0. The molecule has 8 heteroatoms. The van der Waals surface area contributed by atoms with Crippen LogP contribution in [0.5, 0.6) is 0 Å². The highest BCUT2D eigenvalue weighted by Crippen LogP contribution is 2.33. The number of nitrogens with zero attached hydrogens (tertiary/aromatic N) is 4. The fourth-order valence-electron chi connectivity index (χ4n) is 3.65. The zero-order valence-electron chi connectivity index (χ0n) is 16.6. The van der Waals surface area contributed by atoms with Gasteiger partial charge in [0.2, 0.25) is 0 Å². The number of likely N-dealkylation sites (N-methyl/N-ethyl adjacent to an activating group) is 1. The molecule has 3 rings (SSSR count). The van der Waals surface area contributed by atoms with Crippen LogP contribution in [0.4, 0.5) is 13.2 Å². The van der Waals surface area contributed by atoms with Crippen molar-refractivity contribution >= 4 is 17.3 Å². The second-order valence-corrected chi connectivity index (χ2v) is 7.30. The first-order valence-corrected chi connectivity index (χ1v) is 9.05. The molecule has 0 aliphatic carbocycles. The Bertz CT molecular complexity index is 914. The van der Waals surface area contributed by atoms with E-state index in [0.717, 1.165) is 23.0 Å². The van der Waals surface area contributed by atoms with Crippen LogP contribution >= 0.6 is 0 Å². The van der Waals surface area contributed by atoms with Crippen LogP contribution in [0.2, 0.25) is 0 Å². The molecule has 28 heavy (non-hydrogen) atoms. The standard InChI is InChI=1S/C20H24F3N4O/c1-12-10-26(19(28)16-8-6-7-9-17(16)20(21,22)23)11-18-25(5)14(3)13(2)15(4)27(18)24-12/h6-9,18H,10-11H2,1-5H3/q+1. The molecule has 1 amide bonds. The van der Waals surface area contributed by atoms with E-state index >= 15 is 0 Å². The van der Waals surface area contributed by atoms with Crippen LogP contribution in [-0.4, -0.2) is 58.1 Å². The van der Waals surface area contributed by atoms with E-state index < -0.39 is 17.6 Å². The highest BCUT2D eigenvalue weighted by atomic mass is 19.4. The SMILES string of the molecule is CC1=NN2C(C)=C(C)C(C)=[N+](C)C2CN(C(=O)c2ccccc2C(F)(F)F)C1. The highest BCUT2D eigenvalue weighted by molar-refractivity contribution is 5.99. The van der Waals surface area contributed by atoms with Crippen LogP contribution in [0.25, 0.3) is 0 Å². The summed E-state index contributed by atoms with van der Waals surface area (Å²) in [5, 5.41) is 6.49. The van der Waals surface area contributed by atoms with Crippen LogP contribution in [0.3, 0.4) is 0 Å². The molecule has 0 saturated carbocycles. The van der Waals surface area contributed by atoms with Crippen molar-refractivity contribution in [2.24, 2.45) is 5.10 Å². The van der Waals surface area contributed by atoms with Crippen molar-refractivity contribution in [2.45, 2.75) is 40.0 Å². The maximum atomic E-state index is 13.4. The van der Waals surface area contributed by atoms with E-state index in [1.54, 1.807) is 6.92 Å². The number of amides is 1. The summed E-state index contributed by atoms with van der Waals surface area (Å²) in [6.07, 6.45) is -4.86. The first kappa shape index (κ1) is 20.1. The molecule has 0 saturated heterocycles. The molecule has 1 atom stereocenters. The smallest absolute Gasteiger partial charge is 0.324 e. The van der Waals surface area contributed by atoms with E-state index in [-0.39, 0.29) is 24.8 Å². The van der Waals surface area contributed by atoms with E-state index in [2.05, 4.69) is 5.10 Å². The second kappa shape index (κ2) is 7.07. The van der Waals surface area contributed by atoms with Gasteiger partial charge in [-0.05, 0) is 32.9 Å². The van der Waals surface area contributed by atoms with Crippen LogP contribution < -0.4 is 0 Å². The topological polar surface area (TPSA) is 38.9 Å². The second-order valence-electron chi connectivity index (χ2n) is 7.30. The van der Waals surface area contributed by atoms with Gasteiger partial charge in [-0.2, -0.15) is 18.3 Å². The third-order valence-electron chi connectivity index (χ3n) is 5.52. The maximum Gasteiger partial charge on any atom is 0.417 e. The molecular weight excluding hydrogens is 369 g/mol. The monoisotopic (exact) mass is 393 g/mol. The Balaban J connectivity index is 2.01. The molecule has 0 aromatic heterocycles. The van der Waals surface area contributed by atoms with Crippen molar-refractivity contribution in [3.8, 4) is 0 Å². The van der Waals surface area contributed by atoms with Gasteiger partial charge in [0, 0.05) is 18.2 Å². The fraction of sp³-hybridized carbons (Fsp3) is 0.450. The number of rotatable bonds is 1. The molecule has 2 aliphatic rings. The summed E-state index contributed by atoms with van der Waals surface area (Å²) >= 11 is 0. The number of hydrazone groups is 1. The lowest BCUT2D eigenvalue weighted by Crippen LogP contribution is -2.51. The van der Waals surface area contributed by atoms with Crippen molar-refractivity contribution < 1.29 is 22.5 Å². The summed E-state index contributed by atoms with van der Waals surface area (Å²) in [6.45, 7) is 8.16. The molecule has 0 spiro atoms. The molecule has 150 valence electrons. The fourth-order valence-corrected chi connectivity index (χ4v) is 3.65. The summed E-state index contributed by atoms with van der Waals surface area (Å²) in [5.74, 6) is -0.640. The highest BCUT2D eigenvalue weighted by Gasteiger charge is 2.41. The van der Waals surface area contributed by atoms with Crippen LogP contribution in [0.1, 0.15) is 43.6 Å². The van der Waals surface area contributed by atoms with Gasteiger partial charge in [0.25, 0.3) is 12.1 Å². The van der Waals surface area contributed by atoms with E-state index in [9.17, 15) is 18.0 Å². The average molecular weight is 393 g/mol. The van der Waals surface area contributed by atoms with Gasteiger partial charge in [-0.1, -0.05) is 12.1 Å². The number of allylic oxidation sites excluding steroid dienone is 2. The largest absolute Gasteiger partial charge is 0.417 e. The Kier molecular flexibility index (Phi) is 5.08. The summed E-state index contributed by atoms with van der Waals surface area (Å²) in [5.41, 5.74) is 2.54. The summed E-state index contributed by atoms with van der Waals surface area (Å²) in [4.78, 5) is 14.5. The van der Waals surface area contributed by atoms with E-state index in [0.29, 0.717) is 5.71 Å². The van der Waals surface area contributed by atoms with E-state index in [1.165, 1.54) is 23.1 Å². The van der Waals surface area contributed by atoms with Gasteiger partial charge in [-0.15, -0.1) is 0 Å². The van der Waals surface area contributed by atoms with Gasteiger partial charge in [-0.25, -0.2) is 9.58 Å². The Morgan fingerprint density at radius 1 is 1.18 bits per heavy atom. The molecule has 1 aromatic rings. The third-order valence-corrected chi connectivity index (χ3v) is 5.52.